The molecule has 0 radical (unpaired) electrons. The van der Waals surface area contributed by atoms with Crippen molar-refractivity contribution in [3.05, 3.63) is 11.3 Å². The Morgan fingerprint density at radius 1 is 1.61 bits per heavy atom. The van der Waals surface area contributed by atoms with Crippen LogP contribution < -0.4 is 11.1 Å². The molecule has 1 aliphatic carbocycles. The lowest BCUT2D eigenvalue weighted by molar-refractivity contribution is -0.0602. The molecule has 1 heterocycles. The number of aryl methyl sites for hydroxylation is 2. The summed E-state index contributed by atoms with van der Waals surface area (Å²) < 4.78 is 7.37. The first-order chi connectivity index (χ1) is 8.49. The lowest BCUT2D eigenvalue weighted by Crippen LogP contribution is -2.45. The molecule has 0 saturated heterocycles. The first-order valence-corrected chi connectivity index (χ1v) is 6.52. The zero-order valence-electron chi connectivity index (χ0n) is 11.1. The number of nitrogens with one attached hydrogen (secondary N) is 1. The molecule has 18 heavy (non-hydrogen) atoms. The minimum atomic E-state index is -0.0360. The summed E-state index contributed by atoms with van der Waals surface area (Å²) in [7, 11) is 3.65. The van der Waals surface area contributed by atoms with Crippen LogP contribution in [0.5, 0.6) is 0 Å². The van der Waals surface area contributed by atoms with Gasteiger partial charge in [0.15, 0.2) is 0 Å². The van der Waals surface area contributed by atoms with Gasteiger partial charge in [-0.25, -0.2) is 0 Å². The number of anilines is 1. The van der Waals surface area contributed by atoms with Gasteiger partial charge in [-0.05, 0) is 26.2 Å². The SMILES string of the molecule is COC1(CNc2c(C(N)=S)c(C)nn2C)CCC1. The predicted octanol–water partition coefficient (Wildman–Crippen LogP) is 1.34. The molecule has 6 heteroatoms. The van der Waals surface area contributed by atoms with Gasteiger partial charge in [0.2, 0.25) is 0 Å². The molecule has 0 spiro atoms. The van der Waals surface area contributed by atoms with Gasteiger partial charge in [0.25, 0.3) is 0 Å². The maximum atomic E-state index is 5.75. The molecule has 0 aliphatic heterocycles. The molecule has 1 aromatic rings. The second-order valence-corrected chi connectivity index (χ2v) is 5.33. The standard InChI is InChI=1S/C12H20N4OS/c1-8-9(10(13)18)11(16(2)15-8)14-7-12(17-3)5-4-6-12/h14H,4-7H2,1-3H3,(H2,13,18). The molecule has 1 aromatic heterocycles. The molecular formula is C12H20N4OS. The van der Waals surface area contributed by atoms with Crippen molar-refractivity contribution in [1.82, 2.24) is 9.78 Å². The first kappa shape index (κ1) is 13.3. The Morgan fingerprint density at radius 3 is 2.72 bits per heavy atom. The van der Waals surface area contributed by atoms with Gasteiger partial charge in [-0.2, -0.15) is 5.10 Å². The number of methoxy groups -OCH3 is 1. The second kappa shape index (κ2) is 4.85. The summed E-state index contributed by atoms with van der Waals surface area (Å²) in [6.07, 6.45) is 3.41. The maximum Gasteiger partial charge on any atom is 0.134 e. The van der Waals surface area contributed by atoms with Crippen LogP contribution in [0, 0.1) is 6.92 Å². The van der Waals surface area contributed by atoms with Gasteiger partial charge in [0.05, 0.1) is 16.9 Å². The highest BCUT2D eigenvalue weighted by atomic mass is 32.1. The topological polar surface area (TPSA) is 65.1 Å². The van der Waals surface area contributed by atoms with Crippen molar-refractivity contribution in [1.29, 1.82) is 0 Å². The van der Waals surface area contributed by atoms with Crippen molar-refractivity contribution in [2.45, 2.75) is 31.8 Å². The summed E-state index contributed by atoms with van der Waals surface area (Å²) >= 11 is 5.08. The zero-order valence-corrected chi connectivity index (χ0v) is 11.9. The molecule has 0 bridgehead atoms. The molecule has 0 atom stereocenters. The Labute approximate surface area is 113 Å². The van der Waals surface area contributed by atoms with E-state index < -0.39 is 0 Å². The highest BCUT2D eigenvalue weighted by Gasteiger charge is 2.37. The molecule has 5 nitrogen and oxygen atoms in total. The van der Waals surface area contributed by atoms with E-state index in [9.17, 15) is 0 Å². The van der Waals surface area contributed by atoms with E-state index in [0.29, 0.717) is 4.99 Å². The zero-order chi connectivity index (χ0) is 13.3. The average molecular weight is 268 g/mol. The highest BCUT2D eigenvalue weighted by molar-refractivity contribution is 7.80. The third-order valence-corrected chi connectivity index (χ3v) is 3.95. The number of hydrogen-bond donors (Lipinski definition) is 2. The van der Waals surface area contributed by atoms with Crippen LogP contribution in [0.2, 0.25) is 0 Å². The van der Waals surface area contributed by atoms with Crippen LogP contribution in [0.1, 0.15) is 30.5 Å². The van der Waals surface area contributed by atoms with E-state index in [0.717, 1.165) is 36.5 Å². The molecule has 1 saturated carbocycles. The average Bonchev–Trinajstić information content (AvgIpc) is 2.52. The van der Waals surface area contributed by atoms with Gasteiger partial charge in [0.1, 0.15) is 10.8 Å². The molecule has 3 N–H and O–H groups in total. The fourth-order valence-electron chi connectivity index (χ4n) is 2.42. The highest BCUT2D eigenvalue weighted by Crippen LogP contribution is 2.35. The van der Waals surface area contributed by atoms with E-state index in [1.54, 1.807) is 11.8 Å². The van der Waals surface area contributed by atoms with Crippen molar-refractivity contribution in [3.63, 3.8) is 0 Å². The van der Waals surface area contributed by atoms with Crippen LogP contribution in [0.4, 0.5) is 5.82 Å². The molecule has 0 aromatic carbocycles. The van der Waals surface area contributed by atoms with Crippen molar-refractivity contribution in [2.24, 2.45) is 12.8 Å². The Hall–Kier alpha value is -1.14. The molecule has 0 unspecified atom stereocenters. The third-order valence-electron chi connectivity index (χ3n) is 3.74. The lowest BCUT2D eigenvalue weighted by atomic mass is 9.80. The quantitative estimate of drug-likeness (QED) is 0.789. The molecule has 100 valence electrons. The Balaban J connectivity index is 2.16. The summed E-state index contributed by atoms with van der Waals surface area (Å²) in [5, 5.41) is 7.73. The fourth-order valence-corrected chi connectivity index (χ4v) is 2.67. The Bertz CT molecular complexity index is 459. The van der Waals surface area contributed by atoms with Gasteiger partial charge in [-0.15, -0.1) is 0 Å². The van der Waals surface area contributed by atoms with Crippen LogP contribution in [-0.4, -0.2) is 34.0 Å². The number of nitrogens with two attached hydrogens (primary N) is 1. The van der Waals surface area contributed by atoms with Gasteiger partial charge in [0, 0.05) is 20.7 Å². The predicted molar refractivity (Wildman–Crippen MR) is 75.9 cm³/mol. The molecule has 1 aliphatic rings. The van der Waals surface area contributed by atoms with E-state index in [1.165, 1.54) is 6.42 Å². The fraction of sp³-hybridized carbons (Fsp3) is 0.667. The maximum absolute atomic E-state index is 5.75. The normalized spacial score (nSPS) is 17.3. The Kier molecular flexibility index (Phi) is 3.59. The monoisotopic (exact) mass is 268 g/mol. The number of thiocarbonyl (C=S) groups is 1. The molecule has 0 amide bonds. The van der Waals surface area contributed by atoms with Crippen molar-refractivity contribution in [2.75, 3.05) is 19.0 Å². The largest absolute Gasteiger partial charge is 0.389 e. The molecule has 2 rings (SSSR count). The third kappa shape index (κ3) is 2.22. The van der Waals surface area contributed by atoms with Gasteiger partial charge in [-0.3, -0.25) is 4.68 Å². The van der Waals surface area contributed by atoms with E-state index in [-0.39, 0.29) is 5.60 Å². The van der Waals surface area contributed by atoms with E-state index in [4.69, 9.17) is 22.7 Å². The number of aromatic nitrogens is 2. The van der Waals surface area contributed by atoms with Gasteiger partial charge in [-0.1, -0.05) is 12.2 Å². The second-order valence-electron chi connectivity index (χ2n) is 4.89. The Morgan fingerprint density at radius 2 is 2.28 bits per heavy atom. The van der Waals surface area contributed by atoms with Crippen LogP contribution in [0.25, 0.3) is 0 Å². The van der Waals surface area contributed by atoms with E-state index in [2.05, 4.69) is 10.4 Å². The molecular weight excluding hydrogens is 248 g/mol. The van der Waals surface area contributed by atoms with E-state index >= 15 is 0 Å². The molecule has 1 fully saturated rings. The minimum Gasteiger partial charge on any atom is -0.389 e. The van der Waals surface area contributed by atoms with Crippen LogP contribution in [-0.2, 0) is 11.8 Å². The van der Waals surface area contributed by atoms with Crippen molar-refractivity contribution in [3.8, 4) is 0 Å². The summed E-state index contributed by atoms with van der Waals surface area (Å²) in [6.45, 7) is 2.67. The van der Waals surface area contributed by atoms with Crippen LogP contribution in [0.3, 0.4) is 0 Å². The van der Waals surface area contributed by atoms with Crippen LogP contribution >= 0.6 is 12.2 Å². The number of ether oxygens (including phenoxy) is 1. The number of hydrogen-bond acceptors (Lipinski definition) is 4. The van der Waals surface area contributed by atoms with E-state index in [1.807, 2.05) is 14.0 Å². The van der Waals surface area contributed by atoms with Crippen molar-refractivity contribution < 1.29 is 4.74 Å². The summed E-state index contributed by atoms with van der Waals surface area (Å²) in [4.78, 5) is 0.378. The summed E-state index contributed by atoms with van der Waals surface area (Å²) in [5.74, 6) is 0.878. The summed E-state index contributed by atoms with van der Waals surface area (Å²) in [6, 6.07) is 0. The van der Waals surface area contributed by atoms with Crippen LogP contribution in [0.15, 0.2) is 0 Å². The number of rotatable bonds is 5. The number of nitrogens with zero attached hydrogens (tertiary/aromatic N) is 2. The summed E-state index contributed by atoms with van der Waals surface area (Å²) in [5.41, 5.74) is 7.40. The van der Waals surface area contributed by atoms with Gasteiger partial charge < -0.3 is 15.8 Å². The van der Waals surface area contributed by atoms with Crippen molar-refractivity contribution >= 4 is 23.0 Å². The first-order valence-electron chi connectivity index (χ1n) is 6.11. The van der Waals surface area contributed by atoms with Gasteiger partial charge >= 0.3 is 0 Å². The lowest BCUT2D eigenvalue weighted by Gasteiger charge is -2.40. The smallest absolute Gasteiger partial charge is 0.134 e. The minimum absolute atomic E-state index is 0.0360.